The van der Waals surface area contributed by atoms with Crippen LogP contribution in [0, 0.1) is 5.41 Å². The van der Waals surface area contributed by atoms with Crippen molar-refractivity contribution in [1.29, 1.82) is 0 Å². The zero-order chi connectivity index (χ0) is 29.2. The highest BCUT2D eigenvalue weighted by molar-refractivity contribution is 5.77. The molecule has 8 heteroatoms. The predicted molar refractivity (Wildman–Crippen MR) is 159 cm³/mol. The van der Waals surface area contributed by atoms with Gasteiger partial charge in [-0.2, -0.15) is 0 Å². The van der Waals surface area contributed by atoms with Crippen LogP contribution in [-0.2, 0) is 28.5 Å². The lowest BCUT2D eigenvalue weighted by Crippen LogP contribution is -2.39. The van der Waals surface area contributed by atoms with Gasteiger partial charge in [0.25, 0.3) is 0 Å². The van der Waals surface area contributed by atoms with Crippen LogP contribution >= 0.6 is 0 Å². The highest BCUT2D eigenvalue weighted by Gasteiger charge is 2.22. The van der Waals surface area contributed by atoms with E-state index in [4.69, 9.17) is 18.9 Å². The highest BCUT2D eigenvalue weighted by Crippen LogP contribution is 2.16. The van der Waals surface area contributed by atoms with Crippen molar-refractivity contribution in [3.8, 4) is 0 Å². The molecule has 0 fully saturated rings. The number of nitrogens with zero attached hydrogens (tertiary/aromatic N) is 2. The van der Waals surface area contributed by atoms with Gasteiger partial charge in [-0.05, 0) is 25.7 Å². The Morgan fingerprint density at radius 1 is 0.538 bits per heavy atom. The number of carbonyl (C=O) groups excluding carboxylic acids is 2. The number of hydrogen-bond donors (Lipinski definition) is 0. The zero-order valence-electron chi connectivity index (χ0n) is 26.4. The summed E-state index contributed by atoms with van der Waals surface area (Å²) in [6.45, 7) is 16.6. The first kappa shape index (κ1) is 37.8. The van der Waals surface area contributed by atoms with Crippen molar-refractivity contribution in [1.82, 2.24) is 9.80 Å². The maximum absolute atomic E-state index is 12.8. The maximum Gasteiger partial charge on any atom is 0.250 e. The van der Waals surface area contributed by atoms with Gasteiger partial charge in [-0.1, -0.05) is 92.9 Å². The van der Waals surface area contributed by atoms with Crippen molar-refractivity contribution in [3.05, 3.63) is 0 Å². The lowest BCUT2D eigenvalue weighted by atomic mass is 9.96. The van der Waals surface area contributed by atoms with Gasteiger partial charge in [0.05, 0.1) is 13.2 Å². The van der Waals surface area contributed by atoms with Crippen molar-refractivity contribution in [2.45, 2.75) is 119 Å². The summed E-state index contributed by atoms with van der Waals surface area (Å²) in [5.41, 5.74) is -0.325. The second kappa shape index (κ2) is 25.7. The average molecular weight is 559 g/mol. The first-order valence-corrected chi connectivity index (χ1v) is 15.7. The molecule has 2 amide bonds. The van der Waals surface area contributed by atoms with Gasteiger partial charge in [0, 0.05) is 31.7 Å². The van der Waals surface area contributed by atoms with Crippen LogP contribution in [0.1, 0.15) is 119 Å². The lowest BCUT2D eigenvalue weighted by Gasteiger charge is -2.27. The second-order valence-electron chi connectivity index (χ2n) is 11.4. The number of rotatable bonds is 28. The van der Waals surface area contributed by atoms with E-state index in [1.54, 1.807) is 9.80 Å². The third kappa shape index (κ3) is 22.2. The fourth-order valence-corrected chi connectivity index (χ4v) is 4.03. The normalized spacial score (nSPS) is 11.6. The SMILES string of the molecule is CCCCCCCN(COCCC)C(=O)COCC(C)(C)COCC(=O)N(CCCCCCC)COCCC. The van der Waals surface area contributed by atoms with Gasteiger partial charge in [-0.3, -0.25) is 9.59 Å². The van der Waals surface area contributed by atoms with Gasteiger partial charge in [-0.15, -0.1) is 0 Å². The van der Waals surface area contributed by atoms with Crippen molar-refractivity contribution in [3.63, 3.8) is 0 Å². The molecule has 0 atom stereocenters. The van der Waals surface area contributed by atoms with Gasteiger partial charge in [0.1, 0.15) is 26.7 Å². The third-order valence-corrected chi connectivity index (χ3v) is 6.40. The van der Waals surface area contributed by atoms with Crippen molar-refractivity contribution in [2.24, 2.45) is 5.41 Å². The molecule has 232 valence electrons. The summed E-state index contributed by atoms with van der Waals surface area (Å²) in [5, 5.41) is 0. The molecule has 0 N–H and O–H groups in total. The molecule has 0 aromatic carbocycles. The molecule has 0 unspecified atom stereocenters. The van der Waals surface area contributed by atoms with E-state index in [1.807, 2.05) is 13.8 Å². The molecule has 0 heterocycles. The maximum atomic E-state index is 12.8. The van der Waals surface area contributed by atoms with E-state index in [9.17, 15) is 9.59 Å². The number of unbranched alkanes of at least 4 members (excludes halogenated alkanes) is 8. The Bertz CT molecular complexity index is 539. The van der Waals surface area contributed by atoms with E-state index < -0.39 is 0 Å². The molecule has 0 rings (SSSR count). The summed E-state index contributed by atoms with van der Waals surface area (Å²) in [5.74, 6) is -0.0923. The van der Waals surface area contributed by atoms with Crippen LogP contribution in [0.15, 0.2) is 0 Å². The van der Waals surface area contributed by atoms with Crippen LogP contribution in [0.4, 0.5) is 0 Å². The Labute approximate surface area is 240 Å². The number of hydrogen-bond acceptors (Lipinski definition) is 6. The van der Waals surface area contributed by atoms with Crippen LogP contribution in [0.3, 0.4) is 0 Å². The van der Waals surface area contributed by atoms with E-state index in [0.29, 0.717) is 53.0 Å². The molecule has 0 aromatic heterocycles. The fourth-order valence-electron chi connectivity index (χ4n) is 4.03. The summed E-state index contributed by atoms with van der Waals surface area (Å²) in [6, 6.07) is 0. The molecule has 0 aliphatic heterocycles. The molecular formula is C31H62N2O6. The Hall–Kier alpha value is -1.22. The molecular weight excluding hydrogens is 496 g/mol. The van der Waals surface area contributed by atoms with Crippen LogP contribution < -0.4 is 0 Å². The Kier molecular flexibility index (Phi) is 24.9. The lowest BCUT2D eigenvalue weighted by molar-refractivity contribution is -0.145. The van der Waals surface area contributed by atoms with Crippen molar-refractivity contribution < 1.29 is 28.5 Å². The van der Waals surface area contributed by atoms with Crippen molar-refractivity contribution >= 4 is 11.8 Å². The van der Waals surface area contributed by atoms with Crippen LogP contribution in [0.5, 0.6) is 0 Å². The van der Waals surface area contributed by atoms with Crippen LogP contribution in [-0.4, -0.2) is 87.8 Å². The van der Waals surface area contributed by atoms with E-state index in [0.717, 1.165) is 38.5 Å². The minimum Gasteiger partial charge on any atom is -0.371 e. The first-order valence-electron chi connectivity index (χ1n) is 15.7. The van der Waals surface area contributed by atoms with Crippen LogP contribution in [0.25, 0.3) is 0 Å². The molecule has 0 aliphatic rings. The third-order valence-electron chi connectivity index (χ3n) is 6.40. The molecule has 0 saturated carbocycles. The van der Waals surface area contributed by atoms with E-state index in [-0.39, 0.29) is 30.4 Å². The standard InChI is InChI=1S/C31H62N2O6/c1-7-11-13-15-17-19-32(27-36-21-9-3)29(34)23-38-25-31(5,6)26-39-24-30(35)33(28-37-22-10-4)20-18-16-14-12-8-2/h7-28H2,1-6H3. The summed E-state index contributed by atoms with van der Waals surface area (Å²) in [7, 11) is 0. The van der Waals surface area contributed by atoms with Gasteiger partial charge < -0.3 is 28.7 Å². The van der Waals surface area contributed by atoms with E-state index >= 15 is 0 Å². The Morgan fingerprint density at radius 3 is 1.28 bits per heavy atom. The quantitative estimate of drug-likeness (QED) is 0.0815. The minimum atomic E-state index is -0.325. The average Bonchev–Trinajstić information content (AvgIpc) is 2.90. The molecule has 0 spiro atoms. The summed E-state index contributed by atoms with van der Waals surface area (Å²) >= 11 is 0. The highest BCUT2D eigenvalue weighted by atomic mass is 16.5. The van der Waals surface area contributed by atoms with Gasteiger partial charge >= 0.3 is 0 Å². The molecule has 0 radical (unpaired) electrons. The molecule has 0 saturated heterocycles. The summed E-state index contributed by atoms with van der Waals surface area (Å²) in [4.78, 5) is 29.1. The molecule has 0 aromatic rings. The predicted octanol–water partition coefficient (Wildman–Crippen LogP) is 6.41. The second-order valence-corrected chi connectivity index (χ2v) is 11.4. The monoisotopic (exact) mass is 558 g/mol. The zero-order valence-corrected chi connectivity index (χ0v) is 26.4. The number of carbonyl (C=O) groups is 2. The molecule has 0 aliphatic carbocycles. The van der Waals surface area contributed by atoms with Gasteiger partial charge in [0.2, 0.25) is 11.8 Å². The Balaban J connectivity index is 4.51. The molecule has 8 nitrogen and oxygen atoms in total. The fraction of sp³-hybridized carbons (Fsp3) is 0.935. The summed E-state index contributed by atoms with van der Waals surface area (Å²) < 4.78 is 22.9. The van der Waals surface area contributed by atoms with E-state index in [2.05, 4.69) is 27.7 Å². The topological polar surface area (TPSA) is 77.5 Å². The van der Waals surface area contributed by atoms with E-state index in [1.165, 1.54) is 38.5 Å². The largest absolute Gasteiger partial charge is 0.371 e. The number of amides is 2. The number of ether oxygens (including phenoxy) is 4. The minimum absolute atomic E-state index is 0.0212. The first-order chi connectivity index (χ1) is 18.8. The molecule has 0 bridgehead atoms. The van der Waals surface area contributed by atoms with Crippen LogP contribution in [0.2, 0.25) is 0 Å². The smallest absolute Gasteiger partial charge is 0.250 e. The summed E-state index contributed by atoms with van der Waals surface area (Å²) in [6.07, 6.45) is 13.3. The molecule has 39 heavy (non-hydrogen) atoms. The van der Waals surface area contributed by atoms with Gasteiger partial charge in [0.15, 0.2) is 0 Å². The van der Waals surface area contributed by atoms with Gasteiger partial charge in [-0.25, -0.2) is 0 Å². The van der Waals surface area contributed by atoms with Crippen molar-refractivity contribution in [2.75, 3.05) is 66.2 Å². The Morgan fingerprint density at radius 2 is 0.923 bits per heavy atom.